The summed E-state index contributed by atoms with van der Waals surface area (Å²) in [5.41, 5.74) is 4.26. The summed E-state index contributed by atoms with van der Waals surface area (Å²) in [6.07, 6.45) is 14.7. The zero-order chi connectivity index (χ0) is 22.9. The van der Waals surface area contributed by atoms with E-state index in [1.807, 2.05) is 49.1 Å². The summed E-state index contributed by atoms with van der Waals surface area (Å²) in [4.78, 5) is 31.9. The lowest BCUT2D eigenvalue weighted by Crippen LogP contribution is -3.02. The summed E-state index contributed by atoms with van der Waals surface area (Å²) >= 11 is 0. The highest BCUT2D eigenvalue weighted by atomic mass is 16.1. The van der Waals surface area contributed by atoms with Crippen LogP contribution in [0.15, 0.2) is 98.1 Å². The van der Waals surface area contributed by atoms with Gasteiger partial charge in [0.2, 0.25) is 0 Å². The second kappa shape index (κ2) is 8.85. The third-order valence-corrected chi connectivity index (χ3v) is 7.31. The number of ketones is 1. The van der Waals surface area contributed by atoms with Crippen LogP contribution in [0, 0.1) is 11.8 Å². The van der Waals surface area contributed by atoms with E-state index >= 15 is 0 Å². The molecule has 7 heteroatoms. The molecule has 2 saturated heterocycles. The van der Waals surface area contributed by atoms with Crippen molar-refractivity contribution in [3.63, 3.8) is 0 Å². The molecule has 2 aliphatic heterocycles. The molecule has 0 aliphatic carbocycles. The highest BCUT2D eigenvalue weighted by Gasteiger charge is 2.60. The zero-order valence-corrected chi connectivity index (χ0v) is 18.6. The number of nitrogens with two attached hydrogens (primary N) is 2. The van der Waals surface area contributed by atoms with Crippen molar-refractivity contribution in [2.75, 3.05) is 0 Å². The van der Waals surface area contributed by atoms with Gasteiger partial charge < -0.3 is 10.6 Å². The predicted octanol–water partition coefficient (Wildman–Crippen LogP) is 1.49. The number of piperidine rings is 2. The lowest BCUT2D eigenvalue weighted by atomic mass is 9.64. The number of Topliss-reactive ketones (excluding diaryl/α,β-unsaturated/α-hetero) is 1. The zero-order valence-electron chi connectivity index (χ0n) is 18.6. The molecule has 2 bridgehead atoms. The summed E-state index contributed by atoms with van der Waals surface area (Å²) < 4.78 is 0. The molecule has 2 unspecified atom stereocenters. The highest BCUT2D eigenvalue weighted by Crippen LogP contribution is 2.44. The molecule has 4 N–H and O–H groups in total. The van der Waals surface area contributed by atoms with Crippen LogP contribution >= 0.6 is 0 Å². The van der Waals surface area contributed by atoms with E-state index in [4.69, 9.17) is 0 Å². The molecule has 0 aromatic carbocycles. The maximum atomic E-state index is 14.4. The number of fused-ring (bicyclic) bond motifs is 2. The van der Waals surface area contributed by atoms with E-state index in [1.165, 1.54) is 0 Å². The first-order valence-electron chi connectivity index (χ1n) is 11.6. The molecular weight excluding hydrogens is 424 g/mol. The smallest absolute Gasteiger partial charge is 0.164 e. The van der Waals surface area contributed by atoms with Crippen LogP contribution in [0.4, 0.5) is 0 Å². The third-order valence-electron chi connectivity index (χ3n) is 7.31. The topological polar surface area (TPSA) is 102 Å². The van der Waals surface area contributed by atoms with Gasteiger partial charge in [-0.3, -0.25) is 24.7 Å². The number of pyridine rings is 4. The van der Waals surface area contributed by atoms with Crippen LogP contribution in [0.3, 0.4) is 0 Å². The first-order valence-corrected chi connectivity index (χ1v) is 11.6. The average Bonchev–Trinajstić information content (AvgIpc) is 2.91. The molecule has 168 valence electrons. The number of hydrogen-bond acceptors (Lipinski definition) is 5. The Balaban J connectivity index is 1.52. The van der Waals surface area contributed by atoms with Crippen LogP contribution in [0.1, 0.15) is 46.4 Å². The fraction of sp³-hybridized carbons (Fsp3) is 0.222. The molecule has 34 heavy (non-hydrogen) atoms. The van der Waals surface area contributed by atoms with Crippen molar-refractivity contribution in [1.82, 2.24) is 19.9 Å². The summed E-state index contributed by atoms with van der Waals surface area (Å²) in [6.45, 7) is 0. The lowest BCUT2D eigenvalue weighted by molar-refractivity contribution is -0.815. The molecular formula is C27H26N6O+2. The maximum Gasteiger partial charge on any atom is 0.164 e. The van der Waals surface area contributed by atoms with Gasteiger partial charge in [-0.05, 0) is 48.5 Å². The van der Waals surface area contributed by atoms with Crippen LogP contribution in [0.5, 0.6) is 0 Å². The van der Waals surface area contributed by atoms with E-state index in [-0.39, 0.29) is 41.8 Å². The van der Waals surface area contributed by atoms with Gasteiger partial charge in [0.15, 0.2) is 5.78 Å². The Labute approximate surface area is 197 Å². The summed E-state index contributed by atoms with van der Waals surface area (Å²) in [6, 6.07) is 15.9. The maximum absolute atomic E-state index is 14.4. The van der Waals surface area contributed by atoms with Gasteiger partial charge in [0.25, 0.3) is 0 Å². The van der Waals surface area contributed by atoms with E-state index in [0.29, 0.717) is 0 Å². The quantitative estimate of drug-likeness (QED) is 0.491. The number of nitrogens with zero attached hydrogens (tertiary/aromatic N) is 4. The number of aromatic nitrogens is 4. The van der Waals surface area contributed by atoms with E-state index in [9.17, 15) is 4.79 Å². The van der Waals surface area contributed by atoms with Crippen molar-refractivity contribution < 1.29 is 15.4 Å². The highest BCUT2D eigenvalue weighted by molar-refractivity contribution is 5.87. The Bertz CT molecular complexity index is 1070. The monoisotopic (exact) mass is 450 g/mol. The molecule has 7 nitrogen and oxygen atoms in total. The van der Waals surface area contributed by atoms with Crippen LogP contribution in [0.25, 0.3) is 0 Å². The molecule has 2 fully saturated rings. The van der Waals surface area contributed by atoms with Crippen molar-refractivity contribution in [2.45, 2.75) is 24.2 Å². The van der Waals surface area contributed by atoms with E-state index in [2.05, 4.69) is 54.8 Å². The van der Waals surface area contributed by atoms with Crippen molar-refractivity contribution in [3.05, 3.63) is 120 Å². The fourth-order valence-corrected chi connectivity index (χ4v) is 5.87. The minimum Gasteiger partial charge on any atom is -0.332 e. The SMILES string of the molecule is O=C1C2[C@@H](c3cccnc3)[NH2+][C@H](c3cccnc3)C1[C@H](c1cccnc1)[NH2+][C@@H]2c1cccnc1. The van der Waals surface area contributed by atoms with Gasteiger partial charge in [0.1, 0.15) is 36.0 Å². The third kappa shape index (κ3) is 3.59. The van der Waals surface area contributed by atoms with Crippen molar-refractivity contribution in [3.8, 4) is 0 Å². The minimum absolute atomic E-state index is 0.0565. The molecule has 2 aliphatic rings. The number of carbonyl (C=O) groups excluding carboxylic acids is 1. The predicted molar refractivity (Wildman–Crippen MR) is 124 cm³/mol. The number of carbonyl (C=O) groups is 1. The first-order chi connectivity index (χ1) is 16.8. The normalized spacial score (nSPS) is 28.4. The van der Waals surface area contributed by atoms with Gasteiger partial charge in [-0.2, -0.15) is 0 Å². The molecule has 6 atom stereocenters. The molecule has 6 heterocycles. The van der Waals surface area contributed by atoms with Crippen LogP contribution in [-0.2, 0) is 4.79 Å². The molecule has 0 spiro atoms. The molecule has 0 radical (unpaired) electrons. The fourth-order valence-electron chi connectivity index (χ4n) is 5.87. The van der Waals surface area contributed by atoms with Gasteiger partial charge in [-0.1, -0.05) is 0 Å². The Morgan fingerprint density at radius 2 is 0.794 bits per heavy atom. The van der Waals surface area contributed by atoms with E-state index < -0.39 is 0 Å². The van der Waals surface area contributed by atoms with Gasteiger partial charge in [-0.15, -0.1) is 0 Å². The van der Waals surface area contributed by atoms with Crippen molar-refractivity contribution in [2.24, 2.45) is 11.8 Å². The Kier molecular flexibility index (Phi) is 5.41. The second-order valence-electron chi connectivity index (χ2n) is 9.09. The number of quaternary nitrogens is 2. The van der Waals surface area contributed by atoms with Gasteiger partial charge >= 0.3 is 0 Å². The lowest BCUT2D eigenvalue weighted by Gasteiger charge is -2.47. The molecule has 0 amide bonds. The summed E-state index contributed by atoms with van der Waals surface area (Å²) in [5.74, 6) is -0.131. The second-order valence-corrected chi connectivity index (χ2v) is 9.09. The van der Waals surface area contributed by atoms with E-state index in [0.717, 1.165) is 22.3 Å². The Morgan fingerprint density at radius 3 is 1.03 bits per heavy atom. The minimum atomic E-state index is -0.209. The van der Waals surface area contributed by atoms with Gasteiger partial charge in [-0.25, -0.2) is 0 Å². The van der Waals surface area contributed by atoms with Gasteiger partial charge in [0, 0.05) is 71.8 Å². The van der Waals surface area contributed by atoms with E-state index in [1.54, 1.807) is 24.8 Å². The van der Waals surface area contributed by atoms with Crippen LogP contribution in [0.2, 0.25) is 0 Å². The van der Waals surface area contributed by atoms with Crippen molar-refractivity contribution >= 4 is 5.78 Å². The van der Waals surface area contributed by atoms with Crippen LogP contribution < -0.4 is 10.6 Å². The number of rotatable bonds is 4. The standard InChI is InChI=1S/C27H24N6O/c34-27-21-23(17-5-1-9-28-13-17)32-25(19-7-3-11-30-15-19)22(27)26(20-8-4-12-31-16-20)33-24(21)18-6-2-10-29-14-18/h1-16,21-26,32-33H/p+2/t21?,22?,23-,24-,25-,26+/m1/s1. The Hall–Kier alpha value is -3.81. The Morgan fingerprint density at radius 1 is 0.500 bits per heavy atom. The van der Waals surface area contributed by atoms with Gasteiger partial charge in [0.05, 0.1) is 0 Å². The largest absolute Gasteiger partial charge is 0.332 e. The summed E-state index contributed by atoms with van der Waals surface area (Å²) in [5, 5.41) is 4.73. The van der Waals surface area contributed by atoms with Crippen molar-refractivity contribution in [1.29, 1.82) is 0 Å². The average molecular weight is 451 g/mol. The summed E-state index contributed by atoms with van der Waals surface area (Å²) in [7, 11) is 0. The first kappa shape index (κ1) is 20.8. The molecule has 0 saturated carbocycles. The van der Waals surface area contributed by atoms with Crippen LogP contribution in [-0.4, -0.2) is 25.7 Å². The number of hydrogen-bond donors (Lipinski definition) is 2. The molecule has 6 rings (SSSR count). The molecule has 4 aromatic heterocycles. The molecule has 4 aromatic rings.